The maximum absolute atomic E-state index is 14.0. The molecule has 3 N–H and O–H groups in total. The van der Waals surface area contributed by atoms with Crippen molar-refractivity contribution in [3.63, 3.8) is 0 Å². The number of cyclic esters (lactones) is 1. The summed E-state index contributed by atoms with van der Waals surface area (Å²) >= 11 is 0. The lowest BCUT2D eigenvalue weighted by Gasteiger charge is -2.51. The Morgan fingerprint density at radius 2 is 1.38 bits per heavy atom. The number of carbonyl (C=O) groups is 1. The lowest BCUT2D eigenvalue weighted by Crippen LogP contribution is -2.64. The molecule has 0 spiro atoms. The van der Waals surface area contributed by atoms with Crippen LogP contribution in [0.1, 0.15) is 91.3 Å². The van der Waals surface area contributed by atoms with Crippen molar-refractivity contribution in [1.82, 2.24) is 0 Å². The standard InChI is InChI=1S/C51H75N2O10/c1-12-42-51(8,57)46(55)35(4)43(52-60-32-40-26-20-15-21-27-40)33(2)29-50(7,58-11)47(36(5)44(54)37(6)48(56)62-42)63-49-45(59-31-39-24-18-14-19-25-39)41(28-34(3)61-49)53(9,10)30-38-22-16-13-17-23-38/h13-27,33-37,41-42,44-47,49,54-55,57H,12,28-32H2,1-11H3/q+1/b52-43+/t33-,34-,35+,36+,37-,41+,42?,44+,45-,46-,47-,49+,50-,51-/m1/s1. The molecule has 63 heavy (non-hydrogen) atoms. The van der Waals surface area contributed by atoms with Gasteiger partial charge in [-0.3, -0.25) is 4.79 Å². The van der Waals surface area contributed by atoms with Gasteiger partial charge in [0, 0.05) is 36.8 Å². The van der Waals surface area contributed by atoms with E-state index in [9.17, 15) is 20.1 Å². The van der Waals surface area contributed by atoms with Crippen LogP contribution in [0.2, 0.25) is 0 Å². The predicted octanol–water partition coefficient (Wildman–Crippen LogP) is 7.46. The fourth-order valence-corrected chi connectivity index (χ4v) is 9.81. The molecule has 0 bridgehead atoms. The van der Waals surface area contributed by atoms with E-state index in [1.807, 2.05) is 94.4 Å². The van der Waals surface area contributed by atoms with Gasteiger partial charge >= 0.3 is 5.97 Å². The van der Waals surface area contributed by atoms with E-state index in [1.165, 1.54) is 12.5 Å². The first-order chi connectivity index (χ1) is 29.8. The number of carbonyl (C=O) groups excluding carboxylic acids is 1. The first-order valence-corrected chi connectivity index (χ1v) is 22.7. The molecule has 0 aliphatic carbocycles. The molecule has 1 unspecified atom stereocenters. The van der Waals surface area contributed by atoms with Crippen molar-refractivity contribution >= 4 is 11.7 Å². The summed E-state index contributed by atoms with van der Waals surface area (Å²) < 4.78 is 34.1. The summed E-state index contributed by atoms with van der Waals surface area (Å²) in [7, 11) is 6.03. The maximum atomic E-state index is 14.0. The van der Waals surface area contributed by atoms with Gasteiger partial charge in [-0.2, -0.15) is 0 Å². The lowest BCUT2D eigenvalue weighted by molar-refractivity contribution is -0.934. The van der Waals surface area contributed by atoms with Gasteiger partial charge in [0.1, 0.15) is 30.9 Å². The first kappa shape index (κ1) is 50.3. The number of nitrogens with zero attached hydrogens (tertiary/aromatic N) is 2. The van der Waals surface area contributed by atoms with E-state index in [0.29, 0.717) is 23.2 Å². The van der Waals surface area contributed by atoms with Crippen LogP contribution in [0.15, 0.2) is 96.2 Å². The molecular formula is C51H75N2O10+. The van der Waals surface area contributed by atoms with E-state index in [4.69, 9.17) is 28.5 Å². The molecule has 5 rings (SSSR count). The van der Waals surface area contributed by atoms with Gasteiger partial charge in [-0.05, 0) is 51.7 Å². The SMILES string of the molecule is CCC1OC(=O)[C@H](C)[C@@H](O)[C@H](C)[C@@H](O[C@@H]2O[C@H](C)C[C@H]([N+](C)(C)Cc3ccccc3)[C@H]2OCc2ccccc2)[C@](C)(OC)C[C@@H](C)/C(=N\OCc2ccccc2)[C@H](C)[C@@H](O)[C@]1(C)O. The van der Waals surface area contributed by atoms with Gasteiger partial charge in [-0.15, -0.1) is 0 Å². The summed E-state index contributed by atoms with van der Waals surface area (Å²) in [5.74, 6) is -3.66. The van der Waals surface area contributed by atoms with Gasteiger partial charge in [0.05, 0.1) is 62.3 Å². The van der Waals surface area contributed by atoms with Crippen molar-refractivity contribution in [2.75, 3.05) is 21.2 Å². The van der Waals surface area contributed by atoms with Crippen LogP contribution in [0.25, 0.3) is 0 Å². The molecule has 2 saturated heterocycles. The number of benzene rings is 3. The van der Waals surface area contributed by atoms with Crippen molar-refractivity contribution in [1.29, 1.82) is 0 Å². The third-order valence-electron chi connectivity index (χ3n) is 13.7. The molecule has 2 aliphatic rings. The number of quaternary nitrogens is 1. The number of esters is 1. The van der Waals surface area contributed by atoms with E-state index >= 15 is 0 Å². The van der Waals surface area contributed by atoms with Crippen molar-refractivity contribution < 1.29 is 53.1 Å². The largest absolute Gasteiger partial charge is 0.459 e. The summed E-state index contributed by atoms with van der Waals surface area (Å²) in [6.07, 6.45) is -5.19. The number of aliphatic hydroxyl groups excluding tert-OH is 2. The normalized spacial score (nSPS) is 35.7. The van der Waals surface area contributed by atoms with E-state index < -0.39 is 77.7 Å². The van der Waals surface area contributed by atoms with Gasteiger partial charge in [-0.25, -0.2) is 0 Å². The highest BCUT2D eigenvalue weighted by atomic mass is 16.7. The average Bonchev–Trinajstić information content (AvgIpc) is 3.27. The Bertz CT molecular complexity index is 1880. The minimum Gasteiger partial charge on any atom is -0.459 e. The fourth-order valence-electron chi connectivity index (χ4n) is 9.81. The van der Waals surface area contributed by atoms with Crippen molar-refractivity contribution in [3.05, 3.63) is 108 Å². The van der Waals surface area contributed by atoms with Crippen LogP contribution in [0, 0.1) is 23.7 Å². The molecular weight excluding hydrogens is 801 g/mol. The Kier molecular flexibility index (Phi) is 17.5. The summed E-state index contributed by atoms with van der Waals surface area (Å²) in [4.78, 5) is 20.0. The van der Waals surface area contributed by atoms with Gasteiger partial charge in [-0.1, -0.05) is 124 Å². The average molecular weight is 876 g/mol. The highest BCUT2D eigenvalue weighted by molar-refractivity contribution is 5.88. The quantitative estimate of drug-likeness (QED) is 0.0900. The molecule has 12 nitrogen and oxygen atoms in total. The number of likely N-dealkylation sites (N-methyl/N-ethyl adjacent to an activating group) is 1. The van der Waals surface area contributed by atoms with Crippen molar-refractivity contribution in [2.24, 2.45) is 28.8 Å². The third-order valence-corrected chi connectivity index (χ3v) is 13.7. The van der Waals surface area contributed by atoms with Gasteiger partial charge in [0.25, 0.3) is 0 Å². The number of aliphatic hydroxyl groups is 3. The highest BCUT2D eigenvalue weighted by Gasteiger charge is 2.53. The third kappa shape index (κ3) is 12.3. The Balaban J connectivity index is 1.59. The summed E-state index contributed by atoms with van der Waals surface area (Å²) in [6, 6.07) is 30.0. The Hall–Kier alpha value is -3.72. The Morgan fingerprint density at radius 3 is 1.94 bits per heavy atom. The van der Waals surface area contributed by atoms with Crippen LogP contribution in [0.3, 0.4) is 0 Å². The summed E-state index contributed by atoms with van der Waals surface area (Å²) in [6.45, 7) is 15.7. The topological polar surface area (TPSA) is 146 Å². The molecule has 12 heteroatoms. The molecule has 0 amide bonds. The van der Waals surface area contributed by atoms with Crippen LogP contribution in [-0.4, -0.2) is 113 Å². The van der Waals surface area contributed by atoms with E-state index in [-0.39, 0.29) is 31.6 Å². The van der Waals surface area contributed by atoms with Crippen LogP contribution >= 0.6 is 0 Å². The highest BCUT2D eigenvalue weighted by Crippen LogP contribution is 2.41. The van der Waals surface area contributed by atoms with Crippen LogP contribution < -0.4 is 0 Å². The molecule has 2 fully saturated rings. The number of hydrogen-bond acceptors (Lipinski definition) is 11. The second-order valence-electron chi connectivity index (χ2n) is 19.2. The van der Waals surface area contributed by atoms with Gasteiger partial charge < -0.3 is 48.3 Å². The van der Waals surface area contributed by atoms with Crippen molar-refractivity contribution in [2.45, 2.75) is 155 Å². The van der Waals surface area contributed by atoms with Crippen LogP contribution in [0.4, 0.5) is 0 Å². The van der Waals surface area contributed by atoms with Crippen LogP contribution in [0.5, 0.6) is 0 Å². The second-order valence-corrected chi connectivity index (χ2v) is 19.2. The number of rotatable bonds is 13. The zero-order chi connectivity index (χ0) is 46.1. The van der Waals surface area contributed by atoms with E-state index in [0.717, 1.165) is 17.7 Å². The Morgan fingerprint density at radius 1 is 0.825 bits per heavy atom. The first-order valence-electron chi connectivity index (χ1n) is 22.7. The molecule has 0 saturated carbocycles. The molecule has 0 aromatic heterocycles. The smallest absolute Gasteiger partial charge is 0.311 e. The molecule has 3 aromatic carbocycles. The summed E-state index contributed by atoms with van der Waals surface area (Å²) in [5, 5.41) is 40.8. The Labute approximate surface area is 376 Å². The molecule has 3 aromatic rings. The molecule has 14 atom stereocenters. The number of hydrogen-bond donors (Lipinski definition) is 3. The monoisotopic (exact) mass is 876 g/mol. The zero-order valence-corrected chi connectivity index (χ0v) is 39.4. The van der Waals surface area contributed by atoms with Crippen LogP contribution in [-0.2, 0) is 53.1 Å². The van der Waals surface area contributed by atoms with Gasteiger partial charge in [0.2, 0.25) is 0 Å². The molecule has 348 valence electrons. The molecule has 2 aliphatic heterocycles. The molecule has 0 radical (unpaired) electrons. The minimum atomic E-state index is -1.88. The minimum absolute atomic E-state index is 0.0790. The maximum Gasteiger partial charge on any atom is 0.311 e. The predicted molar refractivity (Wildman–Crippen MR) is 243 cm³/mol. The summed E-state index contributed by atoms with van der Waals surface area (Å²) in [5.41, 5.74) is 0.552. The van der Waals surface area contributed by atoms with E-state index in [2.05, 4.69) is 43.5 Å². The second kappa shape index (κ2) is 22.0. The fraction of sp³-hybridized carbons (Fsp3) is 0.608. The molecule has 2 heterocycles. The zero-order valence-electron chi connectivity index (χ0n) is 39.4. The number of methoxy groups -OCH3 is 1. The lowest BCUT2D eigenvalue weighted by atomic mass is 9.73. The van der Waals surface area contributed by atoms with E-state index in [1.54, 1.807) is 27.9 Å². The van der Waals surface area contributed by atoms with Gasteiger partial charge in [0.15, 0.2) is 12.4 Å². The number of oxime groups is 1. The van der Waals surface area contributed by atoms with Crippen molar-refractivity contribution in [3.8, 4) is 0 Å². The number of ether oxygens (including phenoxy) is 5.